The molecule has 1 amide bonds. The van der Waals surface area contributed by atoms with Gasteiger partial charge in [-0.1, -0.05) is 6.07 Å². The van der Waals surface area contributed by atoms with Gasteiger partial charge in [-0.15, -0.1) is 0 Å². The number of carbonyl (C=O) groups is 1. The van der Waals surface area contributed by atoms with E-state index in [2.05, 4.69) is 0 Å². The molecule has 1 aliphatic carbocycles. The van der Waals surface area contributed by atoms with Crippen molar-refractivity contribution in [3.05, 3.63) is 29.6 Å². The minimum atomic E-state index is -0.530. The zero-order chi connectivity index (χ0) is 11.7. The summed E-state index contributed by atoms with van der Waals surface area (Å²) in [6.07, 6.45) is 2.07. The largest absolute Gasteiger partial charge is 0.396 e. The average Bonchev–Trinajstić information content (AvgIpc) is 3.07. The molecule has 0 bridgehead atoms. The second-order valence-electron chi connectivity index (χ2n) is 4.02. The highest BCUT2D eigenvalue weighted by atomic mass is 19.1. The molecule has 2 rings (SSSR count). The first-order valence-corrected chi connectivity index (χ1v) is 5.50. The topological polar surface area (TPSA) is 46.3 Å². The summed E-state index contributed by atoms with van der Waals surface area (Å²) in [6.45, 7) is 2.56. The third-order valence-corrected chi connectivity index (χ3v) is 2.87. The molecule has 3 nitrogen and oxygen atoms in total. The number of carbonyl (C=O) groups excluding carboxylic acids is 1. The second-order valence-corrected chi connectivity index (χ2v) is 4.02. The molecule has 0 radical (unpaired) electrons. The first kappa shape index (κ1) is 10.9. The smallest absolute Gasteiger partial charge is 0.256 e. The van der Waals surface area contributed by atoms with Gasteiger partial charge in [0, 0.05) is 12.6 Å². The summed E-state index contributed by atoms with van der Waals surface area (Å²) < 4.78 is 13.2. The molecular formula is C12H15FN2O. The Labute approximate surface area is 94.0 Å². The van der Waals surface area contributed by atoms with E-state index in [0.717, 1.165) is 12.8 Å². The monoisotopic (exact) mass is 222 g/mol. The van der Waals surface area contributed by atoms with E-state index in [0.29, 0.717) is 12.6 Å². The molecule has 1 saturated carbocycles. The van der Waals surface area contributed by atoms with Gasteiger partial charge in [-0.05, 0) is 31.9 Å². The quantitative estimate of drug-likeness (QED) is 0.795. The number of para-hydroxylation sites is 1. The normalized spacial score (nSPS) is 14.9. The highest BCUT2D eigenvalue weighted by molar-refractivity contribution is 5.99. The number of anilines is 1. The number of hydrogen-bond donors (Lipinski definition) is 1. The van der Waals surface area contributed by atoms with E-state index in [-0.39, 0.29) is 17.2 Å². The molecule has 0 saturated heterocycles. The molecule has 1 aromatic rings. The minimum absolute atomic E-state index is 0.0494. The standard InChI is InChI=1S/C12H15FN2O/c1-2-15(8-6-7-8)12(16)9-4-3-5-10(13)11(9)14/h3-5,8H,2,6-7,14H2,1H3. The number of nitrogen functional groups attached to an aromatic ring is 1. The molecule has 0 spiro atoms. The summed E-state index contributed by atoms with van der Waals surface area (Å²) in [5, 5.41) is 0. The van der Waals surface area contributed by atoms with Crippen molar-refractivity contribution in [2.45, 2.75) is 25.8 Å². The zero-order valence-corrected chi connectivity index (χ0v) is 9.24. The van der Waals surface area contributed by atoms with Crippen molar-refractivity contribution >= 4 is 11.6 Å². The molecular weight excluding hydrogens is 207 g/mol. The van der Waals surface area contributed by atoms with Crippen molar-refractivity contribution in [2.75, 3.05) is 12.3 Å². The van der Waals surface area contributed by atoms with E-state index in [1.54, 1.807) is 11.0 Å². The summed E-state index contributed by atoms with van der Waals surface area (Å²) in [5.41, 5.74) is 5.80. The second kappa shape index (κ2) is 4.12. The van der Waals surface area contributed by atoms with Crippen molar-refractivity contribution in [1.82, 2.24) is 4.90 Å². The lowest BCUT2D eigenvalue weighted by molar-refractivity contribution is 0.0753. The summed E-state index contributed by atoms with van der Waals surface area (Å²) in [6, 6.07) is 4.67. The van der Waals surface area contributed by atoms with Crippen LogP contribution in [-0.2, 0) is 0 Å². The molecule has 0 unspecified atom stereocenters. The Kier molecular flexibility index (Phi) is 2.81. The average molecular weight is 222 g/mol. The lowest BCUT2D eigenvalue weighted by Crippen LogP contribution is -2.33. The van der Waals surface area contributed by atoms with Gasteiger partial charge in [0.2, 0.25) is 0 Å². The van der Waals surface area contributed by atoms with E-state index in [4.69, 9.17) is 5.73 Å². The Morgan fingerprint density at radius 2 is 2.25 bits per heavy atom. The number of rotatable bonds is 3. The van der Waals surface area contributed by atoms with Gasteiger partial charge in [-0.25, -0.2) is 4.39 Å². The first-order chi connectivity index (χ1) is 7.65. The van der Waals surface area contributed by atoms with Crippen LogP contribution in [0.5, 0.6) is 0 Å². The fourth-order valence-electron chi connectivity index (χ4n) is 1.83. The summed E-state index contributed by atoms with van der Waals surface area (Å²) >= 11 is 0. The van der Waals surface area contributed by atoms with Gasteiger partial charge in [0.15, 0.2) is 0 Å². The van der Waals surface area contributed by atoms with E-state index in [1.807, 2.05) is 6.92 Å². The molecule has 16 heavy (non-hydrogen) atoms. The van der Waals surface area contributed by atoms with Crippen molar-refractivity contribution in [3.63, 3.8) is 0 Å². The maximum atomic E-state index is 13.2. The Morgan fingerprint density at radius 1 is 1.56 bits per heavy atom. The van der Waals surface area contributed by atoms with Gasteiger partial charge in [0.05, 0.1) is 11.3 Å². The number of nitrogens with two attached hydrogens (primary N) is 1. The number of nitrogens with zero attached hydrogens (tertiary/aromatic N) is 1. The fraction of sp³-hybridized carbons (Fsp3) is 0.417. The zero-order valence-electron chi connectivity index (χ0n) is 9.24. The molecule has 1 aliphatic rings. The van der Waals surface area contributed by atoms with Crippen molar-refractivity contribution in [2.24, 2.45) is 0 Å². The fourth-order valence-corrected chi connectivity index (χ4v) is 1.83. The van der Waals surface area contributed by atoms with Gasteiger partial charge in [0.25, 0.3) is 5.91 Å². The van der Waals surface area contributed by atoms with Crippen LogP contribution >= 0.6 is 0 Å². The van der Waals surface area contributed by atoms with Crippen LogP contribution in [0, 0.1) is 5.82 Å². The Morgan fingerprint density at radius 3 is 2.81 bits per heavy atom. The lowest BCUT2D eigenvalue weighted by Gasteiger charge is -2.21. The van der Waals surface area contributed by atoms with E-state index < -0.39 is 5.82 Å². The van der Waals surface area contributed by atoms with Gasteiger partial charge in [-0.2, -0.15) is 0 Å². The van der Waals surface area contributed by atoms with Crippen LogP contribution in [0.1, 0.15) is 30.1 Å². The van der Waals surface area contributed by atoms with Crippen molar-refractivity contribution < 1.29 is 9.18 Å². The summed E-state index contributed by atoms with van der Waals surface area (Å²) in [5.74, 6) is -0.695. The highest BCUT2D eigenvalue weighted by Gasteiger charge is 2.32. The number of halogens is 1. The lowest BCUT2D eigenvalue weighted by atomic mass is 10.1. The molecule has 86 valence electrons. The van der Waals surface area contributed by atoms with Crippen LogP contribution in [-0.4, -0.2) is 23.4 Å². The summed E-state index contributed by atoms with van der Waals surface area (Å²) in [4.78, 5) is 13.9. The predicted octanol–water partition coefficient (Wildman–Crippen LogP) is 2.03. The first-order valence-electron chi connectivity index (χ1n) is 5.50. The molecule has 0 aliphatic heterocycles. The number of amides is 1. The van der Waals surface area contributed by atoms with Gasteiger partial charge < -0.3 is 10.6 Å². The number of benzene rings is 1. The molecule has 1 fully saturated rings. The summed E-state index contributed by atoms with van der Waals surface area (Å²) in [7, 11) is 0. The van der Waals surface area contributed by atoms with Crippen molar-refractivity contribution in [1.29, 1.82) is 0 Å². The van der Waals surface area contributed by atoms with E-state index in [1.165, 1.54) is 12.1 Å². The third kappa shape index (κ3) is 1.87. The molecule has 0 aromatic heterocycles. The minimum Gasteiger partial charge on any atom is -0.396 e. The van der Waals surface area contributed by atoms with Crippen LogP contribution < -0.4 is 5.73 Å². The van der Waals surface area contributed by atoms with Crippen LogP contribution in [0.15, 0.2) is 18.2 Å². The Balaban J connectivity index is 2.28. The number of hydrogen-bond acceptors (Lipinski definition) is 2. The van der Waals surface area contributed by atoms with Crippen LogP contribution in [0.3, 0.4) is 0 Å². The molecule has 0 atom stereocenters. The van der Waals surface area contributed by atoms with Gasteiger partial charge in [-0.3, -0.25) is 4.79 Å². The van der Waals surface area contributed by atoms with Gasteiger partial charge in [0.1, 0.15) is 5.82 Å². The molecule has 1 aromatic carbocycles. The predicted molar refractivity (Wildman–Crippen MR) is 60.5 cm³/mol. The maximum absolute atomic E-state index is 13.2. The Hall–Kier alpha value is -1.58. The van der Waals surface area contributed by atoms with Gasteiger partial charge >= 0.3 is 0 Å². The molecule has 4 heteroatoms. The van der Waals surface area contributed by atoms with E-state index in [9.17, 15) is 9.18 Å². The maximum Gasteiger partial charge on any atom is 0.256 e. The molecule has 0 heterocycles. The molecule has 2 N–H and O–H groups in total. The van der Waals surface area contributed by atoms with E-state index >= 15 is 0 Å². The van der Waals surface area contributed by atoms with Crippen LogP contribution in [0.2, 0.25) is 0 Å². The van der Waals surface area contributed by atoms with Crippen LogP contribution in [0.4, 0.5) is 10.1 Å². The highest BCUT2D eigenvalue weighted by Crippen LogP contribution is 2.29. The van der Waals surface area contributed by atoms with Crippen molar-refractivity contribution in [3.8, 4) is 0 Å². The van der Waals surface area contributed by atoms with Crippen LogP contribution in [0.25, 0.3) is 0 Å². The third-order valence-electron chi connectivity index (χ3n) is 2.87. The SMILES string of the molecule is CCN(C(=O)c1cccc(F)c1N)C1CC1. The Bertz CT molecular complexity index is 415.